The largest absolute Gasteiger partial charge is 0.380 e. The Morgan fingerprint density at radius 2 is 1.96 bits per heavy atom. The summed E-state index contributed by atoms with van der Waals surface area (Å²) in [6.07, 6.45) is 5.07. The second kappa shape index (κ2) is 8.28. The van der Waals surface area contributed by atoms with Crippen molar-refractivity contribution in [2.24, 2.45) is 17.6 Å². The van der Waals surface area contributed by atoms with Crippen LogP contribution < -0.4 is 5.73 Å². The average Bonchev–Trinajstić information content (AvgIpc) is 2.64. The van der Waals surface area contributed by atoms with Gasteiger partial charge in [-0.25, -0.2) is 4.39 Å². The van der Waals surface area contributed by atoms with Crippen molar-refractivity contribution in [2.75, 3.05) is 20.2 Å². The van der Waals surface area contributed by atoms with Gasteiger partial charge in [0.05, 0.1) is 6.10 Å². The van der Waals surface area contributed by atoms with Crippen LogP contribution in [0.15, 0.2) is 24.3 Å². The smallest absolute Gasteiger partial charge is 0.225 e. The number of hydrogen-bond donors (Lipinski definition) is 1. The molecule has 0 unspecified atom stereocenters. The van der Waals surface area contributed by atoms with Crippen LogP contribution in [0.3, 0.4) is 0 Å². The number of nitrogens with zero attached hydrogens (tertiary/aromatic N) is 1. The molecule has 0 bridgehead atoms. The topological polar surface area (TPSA) is 55.6 Å². The molecule has 1 aliphatic heterocycles. The highest BCUT2D eigenvalue weighted by Crippen LogP contribution is 2.29. The number of ether oxygens (including phenoxy) is 1. The molecule has 1 saturated heterocycles. The van der Waals surface area contributed by atoms with Crippen LogP contribution in [-0.4, -0.2) is 43.2 Å². The van der Waals surface area contributed by atoms with E-state index in [2.05, 4.69) is 0 Å². The molecule has 1 heterocycles. The van der Waals surface area contributed by atoms with Gasteiger partial charge >= 0.3 is 0 Å². The molecule has 3 rings (SSSR count). The third-order valence-electron chi connectivity index (χ3n) is 5.89. The fraction of sp³-hybridized carbons (Fsp3) is 0.650. The maximum Gasteiger partial charge on any atom is 0.225 e. The molecule has 2 N–H and O–H groups in total. The molecule has 1 aromatic rings. The molecule has 4 nitrogen and oxygen atoms in total. The summed E-state index contributed by atoms with van der Waals surface area (Å²) in [5.41, 5.74) is 6.84. The zero-order valence-electron chi connectivity index (χ0n) is 15.0. The molecule has 1 saturated carbocycles. The Hall–Kier alpha value is -1.46. The van der Waals surface area contributed by atoms with E-state index in [1.54, 1.807) is 13.2 Å². The minimum Gasteiger partial charge on any atom is -0.380 e. The molecule has 2 aliphatic rings. The van der Waals surface area contributed by atoms with E-state index in [9.17, 15) is 9.18 Å². The van der Waals surface area contributed by atoms with Gasteiger partial charge in [0.1, 0.15) is 5.82 Å². The van der Waals surface area contributed by atoms with Gasteiger partial charge in [0, 0.05) is 32.2 Å². The number of benzene rings is 1. The van der Waals surface area contributed by atoms with Crippen molar-refractivity contribution >= 4 is 5.91 Å². The number of rotatable bonds is 4. The van der Waals surface area contributed by atoms with Gasteiger partial charge in [0.2, 0.25) is 5.91 Å². The Bertz CT molecular complexity index is 587. The van der Waals surface area contributed by atoms with Gasteiger partial charge in [-0.2, -0.15) is 0 Å². The van der Waals surface area contributed by atoms with Gasteiger partial charge in [-0.3, -0.25) is 4.79 Å². The Balaban J connectivity index is 1.50. The van der Waals surface area contributed by atoms with Gasteiger partial charge in [-0.1, -0.05) is 18.2 Å². The predicted molar refractivity (Wildman–Crippen MR) is 95.5 cm³/mol. The monoisotopic (exact) mass is 348 g/mol. The lowest BCUT2D eigenvalue weighted by atomic mass is 9.82. The van der Waals surface area contributed by atoms with Crippen LogP contribution in [0, 0.1) is 17.7 Å². The fourth-order valence-electron chi connectivity index (χ4n) is 4.24. The number of carbonyl (C=O) groups excluding carboxylic acids is 1. The van der Waals surface area contributed by atoms with E-state index in [-0.39, 0.29) is 29.8 Å². The van der Waals surface area contributed by atoms with Crippen LogP contribution in [0.5, 0.6) is 0 Å². The minimum atomic E-state index is -0.120. The molecule has 2 fully saturated rings. The van der Waals surface area contributed by atoms with Crippen LogP contribution in [0.2, 0.25) is 0 Å². The van der Waals surface area contributed by atoms with Gasteiger partial charge < -0.3 is 15.4 Å². The summed E-state index contributed by atoms with van der Waals surface area (Å²) in [5, 5.41) is 0. The molecule has 0 aromatic heterocycles. The first-order valence-electron chi connectivity index (χ1n) is 9.39. The number of carbonyl (C=O) groups is 1. The van der Waals surface area contributed by atoms with Crippen LogP contribution in [-0.2, 0) is 16.0 Å². The van der Waals surface area contributed by atoms with Crippen molar-refractivity contribution in [1.29, 1.82) is 0 Å². The van der Waals surface area contributed by atoms with Gasteiger partial charge in [0.15, 0.2) is 0 Å². The van der Waals surface area contributed by atoms with Gasteiger partial charge in [-0.05, 0) is 56.1 Å². The molecule has 3 atom stereocenters. The SMILES string of the molecule is CO[C@@H]1C[C@@H](C(=O)N2CCC(Cc3ccccc3F)CC2)CC[C@H]1N. The summed E-state index contributed by atoms with van der Waals surface area (Å²) >= 11 is 0. The molecular weight excluding hydrogens is 319 g/mol. The van der Waals surface area contributed by atoms with Gasteiger partial charge in [-0.15, -0.1) is 0 Å². The molecule has 1 amide bonds. The normalized spacial score (nSPS) is 28.1. The molecule has 0 radical (unpaired) electrons. The Kier molecular flexibility index (Phi) is 6.07. The summed E-state index contributed by atoms with van der Waals surface area (Å²) in [6, 6.07) is 7.04. The average molecular weight is 348 g/mol. The van der Waals surface area contributed by atoms with Crippen LogP contribution >= 0.6 is 0 Å². The van der Waals surface area contributed by atoms with Crippen LogP contribution in [0.25, 0.3) is 0 Å². The first-order valence-corrected chi connectivity index (χ1v) is 9.39. The number of methoxy groups -OCH3 is 1. The second-order valence-corrected chi connectivity index (χ2v) is 7.51. The summed E-state index contributed by atoms with van der Waals surface area (Å²) in [5.74, 6) is 0.615. The third kappa shape index (κ3) is 4.39. The summed E-state index contributed by atoms with van der Waals surface area (Å²) in [6.45, 7) is 1.55. The standard InChI is InChI=1S/C20H29FN2O2/c1-25-19-13-16(6-7-18(19)22)20(24)23-10-8-14(9-11-23)12-15-4-2-3-5-17(15)21/h2-5,14,16,18-19H,6-13,22H2,1H3/t16-,18+,19+/m0/s1. The molecule has 25 heavy (non-hydrogen) atoms. The molecule has 0 spiro atoms. The fourth-order valence-corrected chi connectivity index (χ4v) is 4.24. The quantitative estimate of drug-likeness (QED) is 0.910. The molecule has 1 aliphatic carbocycles. The highest BCUT2D eigenvalue weighted by molar-refractivity contribution is 5.79. The molecule has 1 aromatic carbocycles. The van der Waals surface area contributed by atoms with Crippen molar-refractivity contribution in [1.82, 2.24) is 4.90 Å². The summed E-state index contributed by atoms with van der Waals surface area (Å²) in [7, 11) is 1.67. The second-order valence-electron chi connectivity index (χ2n) is 7.51. The minimum absolute atomic E-state index is 0.0127. The molecule has 5 heteroatoms. The number of nitrogens with two attached hydrogens (primary N) is 1. The maximum absolute atomic E-state index is 13.8. The van der Waals surface area contributed by atoms with E-state index in [1.807, 2.05) is 17.0 Å². The van der Waals surface area contributed by atoms with Gasteiger partial charge in [0.25, 0.3) is 0 Å². The number of likely N-dealkylation sites (tertiary alicyclic amines) is 1. The summed E-state index contributed by atoms with van der Waals surface area (Å²) in [4.78, 5) is 14.8. The Labute approximate surface area is 149 Å². The molecular formula is C20H29FN2O2. The zero-order chi connectivity index (χ0) is 17.8. The van der Waals surface area contributed by atoms with Crippen LogP contribution in [0.4, 0.5) is 4.39 Å². The van der Waals surface area contributed by atoms with E-state index in [4.69, 9.17) is 10.5 Å². The van der Waals surface area contributed by atoms with E-state index in [0.29, 0.717) is 5.92 Å². The van der Waals surface area contributed by atoms with Crippen molar-refractivity contribution in [3.63, 3.8) is 0 Å². The maximum atomic E-state index is 13.8. The van der Waals surface area contributed by atoms with E-state index in [1.165, 1.54) is 6.07 Å². The Morgan fingerprint density at radius 3 is 2.64 bits per heavy atom. The lowest BCUT2D eigenvalue weighted by Gasteiger charge is -2.38. The number of amides is 1. The van der Waals surface area contributed by atoms with E-state index in [0.717, 1.165) is 57.2 Å². The first kappa shape index (κ1) is 18.3. The van der Waals surface area contributed by atoms with E-state index >= 15 is 0 Å². The number of halogens is 1. The number of piperidine rings is 1. The van der Waals surface area contributed by atoms with Crippen LogP contribution in [0.1, 0.15) is 37.7 Å². The first-order chi connectivity index (χ1) is 12.1. The zero-order valence-corrected chi connectivity index (χ0v) is 15.0. The highest BCUT2D eigenvalue weighted by atomic mass is 19.1. The van der Waals surface area contributed by atoms with E-state index < -0.39 is 0 Å². The lowest BCUT2D eigenvalue weighted by molar-refractivity contribution is -0.139. The lowest BCUT2D eigenvalue weighted by Crippen LogP contribution is -2.48. The Morgan fingerprint density at radius 1 is 1.24 bits per heavy atom. The predicted octanol–water partition coefficient (Wildman–Crippen LogP) is 2.75. The summed E-state index contributed by atoms with van der Waals surface area (Å²) < 4.78 is 19.2. The van der Waals surface area contributed by atoms with Crippen molar-refractivity contribution in [3.8, 4) is 0 Å². The van der Waals surface area contributed by atoms with Crippen molar-refractivity contribution < 1.29 is 13.9 Å². The van der Waals surface area contributed by atoms with Crippen molar-refractivity contribution in [3.05, 3.63) is 35.6 Å². The highest BCUT2D eigenvalue weighted by Gasteiger charge is 2.35. The third-order valence-corrected chi connectivity index (χ3v) is 5.89. The molecule has 138 valence electrons. The van der Waals surface area contributed by atoms with Crippen molar-refractivity contribution in [2.45, 2.75) is 50.7 Å². The number of hydrogen-bond acceptors (Lipinski definition) is 3.